The quantitative estimate of drug-likeness (QED) is 0.482. The molecule has 0 unspecified atom stereocenters. The Bertz CT molecular complexity index is 1340. The Labute approximate surface area is 210 Å². The van der Waals surface area contributed by atoms with Gasteiger partial charge in [-0.2, -0.15) is 18.2 Å². The summed E-state index contributed by atoms with van der Waals surface area (Å²) in [4.78, 5) is 27.3. The van der Waals surface area contributed by atoms with Gasteiger partial charge in [0, 0.05) is 12.6 Å². The fourth-order valence-electron chi connectivity index (χ4n) is 5.49. The molecule has 1 aliphatic carbocycles. The molecule has 1 aromatic carbocycles. The predicted octanol–water partition coefficient (Wildman–Crippen LogP) is 4.17. The molecule has 0 amide bonds. The van der Waals surface area contributed by atoms with E-state index in [1.54, 1.807) is 0 Å². The predicted molar refractivity (Wildman–Crippen MR) is 129 cm³/mol. The standard InChI is InChI=1S/C25H27F3N6O3/c1-13(15-3-2-4-15)29-20-19-21(31-22(30-20)23(35)36)32-24(33-11-18-9-17(33)12-37-18)34(19)10-14-5-7-16(8-6-14)25(26,27)28/h5-8,13,15,17-18H,2-4,9-12H2,1H3,(H,35,36)(H,29,30,31)/t13-,17-,18-/m1/s1. The van der Waals surface area contributed by atoms with Gasteiger partial charge in [0.25, 0.3) is 0 Å². The summed E-state index contributed by atoms with van der Waals surface area (Å²) in [5.74, 6) is -0.202. The van der Waals surface area contributed by atoms with Crippen LogP contribution in [0.1, 0.15) is 54.4 Å². The smallest absolute Gasteiger partial charge is 0.416 e. The van der Waals surface area contributed by atoms with Crippen molar-refractivity contribution in [3.05, 3.63) is 41.2 Å². The largest absolute Gasteiger partial charge is 0.475 e. The van der Waals surface area contributed by atoms with Gasteiger partial charge < -0.3 is 24.6 Å². The third kappa shape index (κ3) is 4.36. The zero-order chi connectivity index (χ0) is 25.9. The van der Waals surface area contributed by atoms with Crippen LogP contribution in [0.25, 0.3) is 11.2 Å². The third-order valence-electron chi connectivity index (χ3n) is 7.77. The Morgan fingerprint density at radius 3 is 2.54 bits per heavy atom. The van der Waals surface area contributed by atoms with Crippen molar-refractivity contribution in [3.8, 4) is 0 Å². The summed E-state index contributed by atoms with van der Waals surface area (Å²) in [6, 6.07) is 5.21. The lowest BCUT2D eigenvalue weighted by atomic mass is 9.80. The van der Waals surface area contributed by atoms with E-state index >= 15 is 0 Å². The fourth-order valence-corrected chi connectivity index (χ4v) is 5.49. The van der Waals surface area contributed by atoms with Crippen LogP contribution in [0.4, 0.5) is 24.9 Å². The number of nitrogens with zero attached hydrogens (tertiary/aromatic N) is 5. The number of rotatable bonds is 7. The van der Waals surface area contributed by atoms with Crippen molar-refractivity contribution in [2.24, 2.45) is 5.92 Å². The van der Waals surface area contributed by atoms with Gasteiger partial charge in [0.05, 0.1) is 30.9 Å². The first-order valence-corrected chi connectivity index (χ1v) is 12.5. The number of alkyl halides is 3. The van der Waals surface area contributed by atoms with Gasteiger partial charge in [-0.3, -0.25) is 0 Å². The van der Waals surface area contributed by atoms with Crippen LogP contribution in [-0.4, -0.2) is 61.9 Å². The van der Waals surface area contributed by atoms with Gasteiger partial charge in [-0.25, -0.2) is 14.8 Å². The second-order valence-corrected chi connectivity index (χ2v) is 10.2. The van der Waals surface area contributed by atoms with Crippen LogP contribution in [-0.2, 0) is 17.5 Å². The van der Waals surface area contributed by atoms with Gasteiger partial charge in [-0.15, -0.1) is 0 Å². The molecule has 3 aromatic rings. The molecular weight excluding hydrogens is 489 g/mol. The number of carboxylic acids is 1. The number of carbonyl (C=O) groups is 1. The lowest BCUT2D eigenvalue weighted by Crippen LogP contribution is -2.38. The minimum atomic E-state index is -4.42. The number of hydrogen-bond donors (Lipinski definition) is 2. The van der Waals surface area contributed by atoms with E-state index in [1.807, 2.05) is 11.5 Å². The van der Waals surface area contributed by atoms with E-state index in [0.29, 0.717) is 41.9 Å². The molecule has 12 heteroatoms. The molecule has 9 nitrogen and oxygen atoms in total. The summed E-state index contributed by atoms with van der Waals surface area (Å²) in [5.41, 5.74) is 0.706. The van der Waals surface area contributed by atoms with Gasteiger partial charge in [0.1, 0.15) is 5.52 Å². The van der Waals surface area contributed by atoms with Crippen LogP contribution < -0.4 is 10.2 Å². The van der Waals surface area contributed by atoms with Gasteiger partial charge in [-0.1, -0.05) is 18.6 Å². The van der Waals surface area contributed by atoms with Gasteiger partial charge in [0.15, 0.2) is 11.5 Å². The van der Waals surface area contributed by atoms with Crippen LogP contribution in [0, 0.1) is 5.92 Å². The highest BCUT2D eigenvalue weighted by Gasteiger charge is 2.41. The van der Waals surface area contributed by atoms with Crippen LogP contribution in [0.5, 0.6) is 0 Å². The number of carboxylic acid groups (broad SMARTS) is 1. The minimum absolute atomic E-state index is 0.0579. The Morgan fingerprint density at radius 1 is 1.22 bits per heavy atom. The highest BCUT2D eigenvalue weighted by atomic mass is 19.4. The molecule has 2 aliphatic heterocycles. The molecule has 3 aliphatic rings. The molecule has 37 heavy (non-hydrogen) atoms. The Hall–Kier alpha value is -3.41. The molecule has 6 rings (SSSR count). The van der Waals surface area contributed by atoms with Crippen LogP contribution in [0.15, 0.2) is 24.3 Å². The van der Waals surface area contributed by atoms with E-state index in [4.69, 9.17) is 9.72 Å². The van der Waals surface area contributed by atoms with Crippen molar-refractivity contribution in [2.75, 3.05) is 23.4 Å². The molecular formula is C25H27F3N6O3. The highest BCUT2D eigenvalue weighted by Crippen LogP contribution is 2.37. The summed E-state index contributed by atoms with van der Waals surface area (Å²) in [7, 11) is 0. The van der Waals surface area contributed by atoms with Gasteiger partial charge >= 0.3 is 12.1 Å². The number of fused-ring (bicyclic) bond motifs is 3. The molecule has 1 saturated carbocycles. The average Bonchev–Trinajstić information content (AvgIpc) is 3.52. The van der Waals surface area contributed by atoms with E-state index in [1.165, 1.54) is 12.1 Å². The zero-order valence-electron chi connectivity index (χ0n) is 20.2. The lowest BCUT2D eigenvalue weighted by Gasteiger charge is -2.32. The number of hydrogen-bond acceptors (Lipinski definition) is 7. The van der Waals surface area contributed by atoms with Crippen molar-refractivity contribution in [1.29, 1.82) is 0 Å². The van der Waals surface area contributed by atoms with Crippen molar-refractivity contribution >= 4 is 28.9 Å². The van der Waals surface area contributed by atoms with Crippen LogP contribution >= 0.6 is 0 Å². The zero-order valence-corrected chi connectivity index (χ0v) is 20.2. The number of halogens is 3. The maximum absolute atomic E-state index is 13.1. The maximum Gasteiger partial charge on any atom is 0.416 e. The number of imidazole rings is 1. The van der Waals surface area contributed by atoms with Gasteiger partial charge in [-0.05, 0) is 49.8 Å². The Kier molecular flexibility index (Phi) is 5.74. The number of nitrogens with one attached hydrogen (secondary N) is 1. The normalized spacial score (nSPS) is 22.4. The Balaban J connectivity index is 1.47. The monoisotopic (exact) mass is 516 g/mol. The number of aromatic nitrogens is 4. The van der Waals surface area contributed by atoms with Crippen molar-refractivity contribution < 1.29 is 27.8 Å². The van der Waals surface area contributed by atoms with Crippen molar-refractivity contribution in [3.63, 3.8) is 0 Å². The fraction of sp³-hybridized carbons (Fsp3) is 0.520. The van der Waals surface area contributed by atoms with Crippen LogP contribution in [0.2, 0.25) is 0 Å². The highest BCUT2D eigenvalue weighted by molar-refractivity contribution is 5.92. The topological polar surface area (TPSA) is 105 Å². The molecule has 2 aromatic heterocycles. The minimum Gasteiger partial charge on any atom is -0.475 e. The average molecular weight is 517 g/mol. The number of anilines is 2. The van der Waals surface area contributed by atoms with E-state index in [-0.39, 0.29) is 36.2 Å². The SMILES string of the molecule is C[C@@H](Nc1nc(C(=O)O)nc2nc(N3C[C@H]4C[C@@H]3CO4)n(Cc3ccc(C(F)(F)F)cc3)c12)C1CCC1. The molecule has 196 valence electrons. The molecule has 0 spiro atoms. The molecule has 2 N–H and O–H groups in total. The molecule has 2 bridgehead atoms. The molecule has 4 heterocycles. The first-order chi connectivity index (χ1) is 17.7. The first-order valence-electron chi connectivity index (χ1n) is 12.5. The number of morpholine rings is 1. The maximum atomic E-state index is 13.1. The van der Waals surface area contributed by atoms with Crippen molar-refractivity contribution in [1.82, 2.24) is 19.5 Å². The second kappa shape index (κ2) is 8.86. The Morgan fingerprint density at radius 2 is 1.97 bits per heavy atom. The number of aromatic carboxylic acids is 1. The second-order valence-electron chi connectivity index (χ2n) is 10.2. The summed E-state index contributed by atoms with van der Waals surface area (Å²) in [5, 5.41) is 13.1. The van der Waals surface area contributed by atoms with E-state index in [9.17, 15) is 23.1 Å². The van der Waals surface area contributed by atoms with Gasteiger partial charge in [0.2, 0.25) is 11.8 Å². The van der Waals surface area contributed by atoms with E-state index < -0.39 is 17.7 Å². The number of benzene rings is 1. The van der Waals surface area contributed by atoms with E-state index in [2.05, 4.69) is 20.2 Å². The third-order valence-corrected chi connectivity index (χ3v) is 7.77. The lowest BCUT2D eigenvalue weighted by molar-refractivity contribution is -0.137. The molecule has 2 saturated heterocycles. The van der Waals surface area contributed by atoms with Crippen LogP contribution in [0.3, 0.4) is 0 Å². The molecule has 3 atom stereocenters. The van der Waals surface area contributed by atoms with Crippen molar-refractivity contribution in [2.45, 2.75) is 63.5 Å². The number of ether oxygens (including phenoxy) is 1. The molecule has 3 fully saturated rings. The summed E-state index contributed by atoms with van der Waals surface area (Å²) >= 11 is 0. The summed E-state index contributed by atoms with van der Waals surface area (Å²) < 4.78 is 47.0. The van der Waals surface area contributed by atoms with E-state index in [0.717, 1.165) is 37.8 Å². The molecule has 0 radical (unpaired) electrons. The first kappa shape index (κ1) is 24.0. The summed E-state index contributed by atoms with van der Waals surface area (Å²) in [6.07, 6.45) is -0.148. The summed E-state index contributed by atoms with van der Waals surface area (Å²) in [6.45, 7) is 3.46.